The Morgan fingerprint density at radius 1 is 1.35 bits per heavy atom. The van der Waals surface area contributed by atoms with E-state index in [4.69, 9.17) is 10.4 Å². The number of nitriles is 1. The normalized spacial score (nSPS) is 15.9. The summed E-state index contributed by atoms with van der Waals surface area (Å²) >= 11 is 0. The van der Waals surface area contributed by atoms with Gasteiger partial charge in [0.2, 0.25) is 0 Å². The number of carbonyl (C=O) groups is 2. The van der Waals surface area contributed by atoms with E-state index in [0.717, 1.165) is 6.42 Å². The fourth-order valence-electron chi connectivity index (χ4n) is 2.23. The van der Waals surface area contributed by atoms with Crippen LogP contribution in [0.3, 0.4) is 0 Å². The lowest BCUT2D eigenvalue weighted by Gasteiger charge is -2.32. The molecule has 0 heterocycles. The van der Waals surface area contributed by atoms with Crippen LogP contribution >= 0.6 is 0 Å². The Bertz CT molecular complexity index is 332. The van der Waals surface area contributed by atoms with Gasteiger partial charge in [0.05, 0.1) is 12.5 Å². The molecular formula is C12H19NO4. The van der Waals surface area contributed by atoms with Crippen LogP contribution in [0.25, 0.3) is 0 Å². The Balaban J connectivity index is 5.46. The lowest BCUT2D eigenvalue weighted by molar-refractivity contribution is -0.156. The van der Waals surface area contributed by atoms with Crippen molar-refractivity contribution in [1.29, 1.82) is 5.26 Å². The van der Waals surface area contributed by atoms with Gasteiger partial charge in [-0.3, -0.25) is 9.59 Å². The van der Waals surface area contributed by atoms with Crippen LogP contribution in [0, 0.1) is 28.6 Å². The van der Waals surface area contributed by atoms with E-state index < -0.39 is 29.7 Å². The van der Waals surface area contributed by atoms with E-state index in [1.807, 2.05) is 20.8 Å². The molecule has 0 aliphatic rings. The number of carboxylic acids is 2. The molecule has 0 aromatic heterocycles. The Morgan fingerprint density at radius 2 is 1.88 bits per heavy atom. The minimum atomic E-state index is -1.82. The van der Waals surface area contributed by atoms with Gasteiger partial charge >= 0.3 is 11.9 Å². The first kappa shape index (κ1) is 15.4. The molecule has 0 saturated heterocycles. The summed E-state index contributed by atoms with van der Waals surface area (Å²) in [6.07, 6.45) is 0.603. The van der Waals surface area contributed by atoms with Crippen molar-refractivity contribution in [2.24, 2.45) is 17.3 Å². The van der Waals surface area contributed by atoms with Gasteiger partial charge in [0.15, 0.2) is 5.41 Å². The summed E-state index contributed by atoms with van der Waals surface area (Å²) in [6, 6.07) is 1.73. The Morgan fingerprint density at radius 3 is 2.12 bits per heavy atom. The standard InChI is InChI=1S/C12H19NO4/c1-4-5-9(8(2)3)12(7-13,11(16)17)6-10(14)15/h8-9H,4-6H2,1-3H3,(H,14,15)(H,16,17). The van der Waals surface area contributed by atoms with E-state index in [9.17, 15) is 14.7 Å². The van der Waals surface area contributed by atoms with Crippen molar-refractivity contribution < 1.29 is 19.8 Å². The van der Waals surface area contributed by atoms with Gasteiger partial charge in [0.25, 0.3) is 0 Å². The lowest BCUT2D eigenvalue weighted by atomic mass is 9.67. The topological polar surface area (TPSA) is 98.4 Å². The molecule has 2 unspecified atom stereocenters. The van der Waals surface area contributed by atoms with Crippen molar-refractivity contribution >= 4 is 11.9 Å². The molecule has 0 radical (unpaired) electrons. The van der Waals surface area contributed by atoms with Crippen LogP contribution in [0.1, 0.15) is 40.0 Å². The van der Waals surface area contributed by atoms with Crippen molar-refractivity contribution in [3.8, 4) is 6.07 Å². The highest BCUT2D eigenvalue weighted by atomic mass is 16.4. The van der Waals surface area contributed by atoms with Crippen molar-refractivity contribution in [3.05, 3.63) is 0 Å². The van der Waals surface area contributed by atoms with E-state index in [1.54, 1.807) is 6.07 Å². The zero-order valence-corrected chi connectivity index (χ0v) is 10.4. The maximum Gasteiger partial charge on any atom is 0.324 e. The van der Waals surface area contributed by atoms with E-state index in [-0.39, 0.29) is 5.92 Å². The molecule has 0 rings (SSSR count). The maximum atomic E-state index is 11.3. The van der Waals surface area contributed by atoms with E-state index in [2.05, 4.69) is 0 Å². The maximum absolute atomic E-state index is 11.3. The number of aliphatic carboxylic acids is 2. The predicted octanol–water partition coefficient (Wildman–Crippen LogP) is 2.13. The van der Waals surface area contributed by atoms with Gasteiger partial charge in [-0.05, 0) is 18.3 Å². The summed E-state index contributed by atoms with van der Waals surface area (Å²) in [4.78, 5) is 22.1. The van der Waals surface area contributed by atoms with E-state index in [0.29, 0.717) is 6.42 Å². The Hall–Kier alpha value is -1.57. The molecule has 0 fully saturated rings. The predicted molar refractivity (Wildman–Crippen MR) is 61.2 cm³/mol. The van der Waals surface area contributed by atoms with Gasteiger partial charge < -0.3 is 10.2 Å². The molecule has 0 spiro atoms. The van der Waals surface area contributed by atoms with Crippen LogP contribution in [-0.2, 0) is 9.59 Å². The average molecular weight is 241 g/mol. The molecule has 0 aromatic rings. The average Bonchev–Trinajstić information content (AvgIpc) is 2.21. The van der Waals surface area contributed by atoms with Crippen LogP contribution in [0.5, 0.6) is 0 Å². The Kier molecular flexibility index (Phi) is 5.66. The zero-order valence-electron chi connectivity index (χ0n) is 10.4. The van der Waals surface area contributed by atoms with Gasteiger partial charge in [0, 0.05) is 0 Å². The molecular weight excluding hydrogens is 222 g/mol. The molecule has 17 heavy (non-hydrogen) atoms. The van der Waals surface area contributed by atoms with Crippen LogP contribution < -0.4 is 0 Å². The number of nitrogens with zero attached hydrogens (tertiary/aromatic N) is 1. The fourth-order valence-corrected chi connectivity index (χ4v) is 2.23. The van der Waals surface area contributed by atoms with Crippen LogP contribution in [0.4, 0.5) is 0 Å². The molecule has 0 aromatic carbocycles. The van der Waals surface area contributed by atoms with Crippen molar-refractivity contribution in [3.63, 3.8) is 0 Å². The van der Waals surface area contributed by atoms with Gasteiger partial charge in [-0.25, -0.2) is 0 Å². The monoisotopic (exact) mass is 241 g/mol. The van der Waals surface area contributed by atoms with Crippen LogP contribution in [-0.4, -0.2) is 22.2 Å². The lowest BCUT2D eigenvalue weighted by Crippen LogP contribution is -2.42. The highest BCUT2D eigenvalue weighted by molar-refractivity contribution is 5.84. The summed E-state index contributed by atoms with van der Waals surface area (Å²) in [7, 11) is 0. The van der Waals surface area contributed by atoms with Crippen LogP contribution in [0.15, 0.2) is 0 Å². The zero-order chi connectivity index (χ0) is 13.6. The summed E-state index contributed by atoms with van der Waals surface area (Å²) in [5, 5.41) is 27.2. The summed E-state index contributed by atoms with van der Waals surface area (Å²) < 4.78 is 0. The largest absolute Gasteiger partial charge is 0.481 e. The molecule has 0 aliphatic carbocycles. The first-order chi connectivity index (χ1) is 7.81. The number of rotatable bonds is 7. The number of hydrogen-bond acceptors (Lipinski definition) is 3. The van der Waals surface area contributed by atoms with Gasteiger partial charge in [-0.1, -0.05) is 27.2 Å². The summed E-state index contributed by atoms with van der Waals surface area (Å²) in [5.41, 5.74) is -1.82. The second kappa shape index (κ2) is 6.24. The molecule has 5 heteroatoms. The summed E-state index contributed by atoms with van der Waals surface area (Å²) in [5.74, 6) is -3.10. The van der Waals surface area contributed by atoms with Gasteiger partial charge in [-0.2, -0.15) is 5.26 Å². The van der Waals surface area contributed by atoms with Crippen molar-refractivity contribution in [1.82, 2.24) is 0 Å². The molecule has 0 bridgehead atoms. The smallest absolute Gasteiger partial charge is 0.324 e. The third-order valence-corrected chi connectivity index (χ3v) is 3.05. The minimum Gasteiger partial charge on any atom is -0.481 e. The highest BCUT2D eigenvalue weighted by Crippen LogP contribution is 2.39. The fraction of sp³-hybridized carbons (Fsp3) is 0.750. The highest BCUT2D eigenvalue weighted by Gasteiger charge is 2.49. The SMILES string of the molecule is CCCC(C(C)C)C(C#N)(CC(=O)O)C(=O)O. The second-order valence-corrected chi connectivity index (χ2v) is 4.60. The molecule has 5 nitrogen and oxygen atoms in total. The van der Waals surface area contributed by atoms with Gasteiger partial charge in [-0.15, -0.1) is 0 Å². The molecule has 0 saturated carbocycles. The number of carboxylic acid groups (broad SMARTS) is 2. The first-order valence-electron chi connectivity index (χ1n) is 5.68. The minimum absolute atomic E-state index is 0.0509. The van der Waals surface area contributed by atoms with Crippen molar-refractivity contribution in [2.75, 3.05) is 0 Å². The second-order valence-electron chi connectivity index (χ2n) is 4.60. The summed E-state index contributed by atoms with van der Waals surface area (Å²) in [6.45, 7) is 5.52. The van der Waals surface area contributed by atoms with Gasteiger partial charge in [0.1, 0.15) is 0 Å². The third-order valence-electron chi connectivity index (χ3n) is 3.05. The molecule has 2 N–H and O–H groups in total. The Labute approximate surface area is 101 Å². The number of hydrogen-bond donors (Lipinski definition) is 2. The van der Waals surface area contributed by atoms with E-state index >= 15 is 0 Å². The first-order valence-corrected chi connectivity index (χ1v) is 5.68. The van der Waals surface area contributed by atoms with Crippen molar-refractivity contribution in [2.45, 2.75) is 40.0 Å². The quantitative estimate of drug-likeness (QED) is 0.711. The molecule has 0 aliphatic heterocycles. The molecule has 0 amide bonds. The van der Waals surface area contributed by atoms with E-state index in [1.165, 1.54) is 0 Å². The molecule has 2 atom stereocenters. The van der Waals surface area contributed by atoms with Crippen LogP contribution in [0.2, 0.25) is 0 Å². The third kappa shape index (κ3) is 3.45. The molecule has 96 valence electrons.